The summed E-state index contributed by atoms with van der Waals surface area (Å²) in [5, 5.41) is 0. The van der Waals surface area contributed by atoms with Crippen LogP contribution in [0.5, 0.6) is 0 Å². The predicted molar refractivity (Wildman–Crippen MR) is 86.1 cm³/mol. The molecule has 5 heteroatoms. The number of nitrogens with zero attached hydrogens (tertiary/aromatic N) is 5. The van der Waals surface area contributed by atoms with Crippen molar-refractivity contribution in [1.29, 1.82) is 0 Å². The lowest BCUT2D eigenvalue weighted by molar-refractivity contribution is 0.350. The molecule has 0 atom stereocenters. The van der Waals surface area contributed by atoms with E-state index in [1.165, 1.54) is 18.7 Å². The lowest BCUT2D eigenvalue weighted by Gasteiger charge is -2.40. The monoisotopic (exact) mass is 297 g/mol. The van der Waals surface area contributed by atoms with Crippen LogP contribution in [0.4, 0.5) is 5.82 Å². The van der Waals surface area contributed by atoms with Gasteiger partial charge in [0.25, 0.3) is 0 Å². The second-order valence-corrected chi connectivity index (χ2v) is 6.62. The summed E-state index contributed by atoms with van der Waals surface area (Å²) in [5.41, 5.74) is 1.10. The Balaban J connectivity index is 1.41. The summed E-state index contributed by atoms with van der Waals surface area (Å²) in [4.78, 5) is 16.2. The summed E-state index contributed by atoms with van der Waals surface area (Å²) in [5.74, 6) is 4.67. The third-order valence-corrected chi connectivity index (χ3v) is 4.65. The van der Waals surface area contributed by atoms with E-state index >= 15 is 0 Å². The fourth-order valence-corrected chi connectivity index (χ4v) is 3.23. The van der Waals surface area contributed by atoms with Crippen molar-refractivity contribution >= 4 is 5.82 Å². The van der Waals surface area contributed by atoms with Gasteiger partial charge in [-0.25, -0.2) is 15.0 Å². The number of anilines is 1. The van der Waals surface area contributed by atoms with Crippen molar-refractivity contribution in [3.05, 3.63) is 35.8 Å². The number of hydrogen-bond donors (Lipinski definition) is 0. The van der Waals surface area contributed by atoms with Crippen LogP contribution in [0.2, 0.25) is 0 Å². The standard InChI is InChI=1S/C17H23N5/c1-3-15-18-6-7-21(15)9-13-10-22(11-13)16-8-12(2)19-17(20-16)14-4-5-14/h6-8,13-14H,3-5,9-11H2,1-2H3. The molecule has 2 aliphatic rings. The topological polar surface area (TPSA) is 46.8 Å². The lowest BCUT2D eigenvalue weighted by atomic mass is 10.00. The van der Waals surface area contributed by atoms with E-state index in [2.05, 4.69) is 45.5 Å². The zero-order valence-corrected chi connectivity index (χ0v) is 13.4. The molecular formula is C17H23N5. The van der Waals surface area contributed by atoms with Crippen LogP contribution in [-0.2, 0) is 13.0 Å². The summed E-state index contributed by atoms with van der Waals surface area (Å²) in [7, 11) is 0. The summed E-state index contributed by atoms with van der Waals surface area (Å²) >= 11 is 0. The zero-order valence-electron chi connectivity index (χ0n) is 13.4. The van der Waals surface area contributed by atoms with Crippen LogP contribution in [0.25, 0.3) is 0 Å². The van der Waals surface area contributed by atoms with Gasteiger partial charge in [-0.3, -0.25) is 0 Å². The number of imidazole rings is 1. The maximum Gasteiger partial charge on any atom is 0.134 e. The van der Waals surface area contributed by atoms with Crippen LogP contribution in [0.3, 0.4) is 0 Å². The van der Waals surface area contributed by atoms with Gasteiger partial charge in [0, 0.05) is 62.0 Å². The van der Waals surface area contributed by atoms with Gasteiger partial charge >= 0.3 is 0 Å². The van der Waals surface area contributed by atoms with Crippen LogP contribution in [0.1, 0.15) is 43.0 Å². The zero-order chi connectivity index (χ0) is 15.1. The number of aromatic nitrogens is 4. The van der Waals surface area contributed by atoms with E-state index in [1.807, 2.05) is 6.20 Å². The highest BCUT2D eigenvalue weighted by molar-refractivity contribution is 5.43. The van der Waals surface area contributed by atoms with Gasteiger partial charge in [0.2, 0.25) is 0 Å². The summed E-state index contributed by atoms with van der Waals surface area (Å²) in [6.45, 7) is 7.48. The molecule has 2 fully saturated rings. The maximum atomic E-state index is 4.78. The molecule has 0 radical (unpaired) electrons. The summed E-state index contributed by atoms with van der Waals surface area (Å²) in [6.07, 6.45) is 7.52. The fraction of sp³-hybridized carbons (Fsp3) is 0.588. The van der Waals surface area contributed by atoms with E-state index in [9.17, 15) is 0 Å². The van der Waals surface area contributed by atoms with E-state index in [4.69, 9.17) is 4.98 Å². The highest BCUT2D eigenvalue weighted by atomic mass is 15.3. The van der Waals surface area contributed by atoms with Crippen molar-refractivity contribution in [2.45, 2.75) is 45.6 Å². The van der Waals surface area contributed by atoms with Crippen LogP contribution < -0.4 is 4.90 Å². The maximum absolute atomic E-state index is 4.78. The quantitative estimate of drug-likeness (QED) is 0.851. The van der Waals surface area contributed by atoms with Crippen LogP contribution in [0, 0.1) is 12.8 Å². The SMILES string of the molecule is CCc1nccn1CC1CN(c2cc(C)nc(C3CC3)n2)C1. The van der Waals surface area contributed by atoms with E-state index in [0.717, 1.165) is 43.4 Å². The minimum atomic E-state index is 0.619. The van der Waals surface area contributed by atoms with Gasteiger partial charge in [-0.15, -0.1) is 0 Å². The third-order valence-electron chi connectivity index (χ3n) is 4.65. The van der Waals surface area contributed by atoms with Crippen molar-refractivity contribution in [3.8, 4) is 0 Å². The molecule has 1 saturated heterocycles. The predicted octanol–water partition coefficient (Wildman–Crippen LogP) is 2.56. The minimum Gasteiger partial charge on any atom is -0.356 e. The Labute approximate surface area is 131 Å². The molecule has 0 amide bonds. The molecule has 1 saturated carbocycles. The van der Waals surface area contributed by atoms with Gasteiger partial charge in [-0.2, -0.15) is 0 Å². The Morgan fingerprint density at radius 1 is 1.23 bits per heavy atom. The van der Waals surface area contributed by atoms with E-state index in [-0.39, 0.29) is 0 Å². The molecular weight excluding hydrogens is 274 g/mol. The van der Waals surface area contributed by atoms with E-state index in [0.29, 0.717) is 11.8 Å². The second kappa shape index (κ2) is 5.38. The molecule has 2 aromatic heterocycles. The van der Waals surface area contributed by atoms with Gasteiger partial charge in [0.15, 0.2) is 0 Å². The Hall–Kier alpha value is -1.91. The number of hydrogen-bond acceptors (Lipinski definition) is 4. The largest absolute Gasteiger partial charge is 0.356 e. The molecule has 0 spiro atoms. The van der Waals surface area contributed by atoms with Crippen molar-refractivity contribution < 1.29 is 0 Å². The first-order valence-corrected chi connectivity index (χ1v) is 8.33. The van der Waals surface area contributed by atoms with Gasteiger partial charge in [-0.1, -0.05) is 6.92 Å². The normalized spacial score (nSPS) is 18.5. The first kappa shape index (κ1) is 13.7. The Morgan fingerprint density at radius 2 is 2.05 bits per heavy atom. The van der Waals surface area contributed by atoms with Crippen LogP contribution >= 0.6 is 0 Å². The molecule has 116 valence electrons. The second-order valence-electron chi connectivity index (χ2n) is 6.62. The molecule has 4 rings (SSSR count). The molecule has 0 bridgehead atoms. The van der Waals surface area contributed by atoms with E-state index in [1.54, 1.807) is 0 Å². The molecule has 0 N–H and O–H groups in total. The molecule has 3 heterocycles. The van der Waals surface area contributed by atoms with Crippen molar-refractivity contribution in [2.75, 3.05) is 18.0 Å². The molecule has 0 unspecified atom stereocenters. The minimum absolute atomic E-state index is 0.619. The molecule has 2 aromatic rings. The average molecular weight is 297 g/mol. The molecule has 1 aliphatic heterocycles. The van der Waals surface area contributed by atoms with Crippen molar-refractivity contribution in [3.63, 3.8) is 0 Å². The average Bonchev–Trinajstić information content (AvgIpc) is 3.21. The van der Waals surface area contributed by atoms with Gasteiger partial charge in [0.05, 0.1) is 0 Å². The summed E-state index contributed by atoms with van der Waals surface area (Å²) in [6, 6.07) is 2.12. The third kappa shape index (κ3) is 2.60. The smallest absolute Gasteiger partial charge is 0.134 e. The van der Waals surface area contributed by atoms with Crippen molar-refractivity contribution in [2.24, 2.45) is 5.92 Å². The van der Waals surface area contributed by atoms with Gasteiger partial charge in [0.1, 0.15) is 17.5 Å². The van der Waals surface area contributed by atoms with Crippen LogP contribution in [0.15, 0.2) is 18.5 Å². The number of rotatable bonds is 5. The first-order valence-electron chi connectivity index (χ1n) is 8.33. The van der Waals surface area contributed by atoms with Crippen molar-refractivity contribution in [1.82, 2.24) is 19.5 Å². The molecule has 0 aromatic carbocycles. The Bertz CT molecular complexity index is 667. The summed E-state index contributed by atoms with van der Waals surface area (Å²) < 4.78 is 2.29. The first-order chi connectivity index (χ1) is 10.7. The van der Waals surface area contributed by atoms with Gasteiger partial charge in [-0.05, 0) is 19.8 Å². The Kier molecular flexibility index (Phi) is 3.36. The fourth-order valence-electron chi connectivity index (χ4n) is 3.23. The highest BCUT2D eigenvalue weighted by Crippen LogP contribution is 2.39. The van der Waals surface area contributed by atoms with E-state index < -0.39 is 0 Å². The molecule has 22 heavy (non-hydrogen) atoms. The Morgan fingerprint density at radius 3 is 2.77 bits per heavy atom. The molecule has 1 aliphatic carbocycles. The van der Waals surface area contributed by atoms with Crippen LogP contribution in [-0.4, -0.2) is 32.6 Å². The molecule has 5 nitrogen and oxygen atoms in total. The lowest BCUT2D eigenvalue weighted by Crippen LogP contribution is -2.49. The number of aryl methyl sites for hydroxylation is 2. The highest BCUT2D eigenvalue weighted by Gasteiger charge is 2.31. The van der Waals surface area contributed by atoms with Gasteiger partial charge < -0.3 is 9.47 Å².